The van der Waals surface area contributed by atoms with E-state index in [1.54, 1.807) is 12.1 Å². The highest BCUT2D eigenvalue weighted by atomic mass is 16.2. The number of hydrogen-bond donors (Lipinski definition) is 0. The van der Waals surface area contributed by atoms with Crippen molar-refractivity contribution in [2.75, 3.05) is 0 Å². The van der Waals surface area contributed by atoms with Crippen LogP contribution in [0.4, 0.5) is 4.79 Å². The van der Waals surface area contributed by atoms with Crippen LogP contribution in [-0.4, -0.2) is 40.0 Å². The third kappa shape index (κ3) is 2.64. The second-order valence-electron chi connectivity index (χ2n) is 5.52. The Morgan fingerprint density at radius 3 is 2.32 bits per heavy atom. The maximum Gasteiger partial charge on any atom is 0.355 e. The number of urea groups is 1. The summed E-state index contributed by atoms with van der Waals surface area (Å²) < 4.78 is 0. The summed E-state index contributed by atoms with van der Waals surface area (Å²) in [5.74, 6) is -1.63. The molecular weight excluding hydrogens is 282 g/mol. The van der Waals surface area contributed by atoms with E-state index in [1.165, 1.54) is 6.21 Å². The van der Waals surface area contributed by atoms with E-state index < -0.39 is 17.8 Å². The zero-order valence-corrected chi connectivity index (χ0v) is 12.1. The summed E-state index contributed by atoms with van der Waals surface area (Å²) in [5.41, 5.74) is 0.756. The van der Waals surface area contributed by atoms with Crippen LogP contribution in [0.3, 0.4) is 0 Å². The molecule has 114 valence electrons. The van der Waals surface area contributed by atoms with Crippen molar-refractivity contribution in [1.29, 1.82) is 0 Å². The molecule has 0 bridgehead atoms. The minimum Gasteiger partial charge on any atom is -0.263 e. The Balaban J connectivity index is 1.78. The van der Waals surface area contributed by atoms with Gasteiger partial charge in [0.1, 0.15) is 0 Å². The Morgan fingerprint density at radius 2 is 1.64 bits per heavy atom. The van der Waals surface area contributed by atoms with E-state index in [2.05, 4.69) is 5.10 Å². The highest BCUT2D eigenvalue weighted by molar-refractivity contribution is 6.44. The van der Waals surface area contributed by atoms with Crippen LogP contribution in [0.15, 0.2) is 35.4 Å². The van der Waals surface area contributed by atoms with Gasteiger partial charge in [-0.05, 0) is 18.4 Å². The van der Waals surface area contributed by atoms with Crippen molar-refractivity contribution in [3.8, 4) is 0 Å². The molecule has 6 nitrogen and oxygen atoms in total. The van der Waals surface area contributed by atoms with Crippen molar-refractivity contribution in [2.24, 2.45) is 5.10 Å². The first-order valence-corrected chi connectivity index (χ1v) is 7.49. The average Bonchev–Trinajstić information content (AvgIpc) is 2.77. The normalized spacial score (nSPS) is 20.5. The van der Waals surface area contributed by atoms with Crippen LogP contribution in [0.25, 0.3) is 0 Å². The predicted octanol–water partition coefficient (Wildman–Crippen LogP) is 2.14. The molecule has 0 N–H and O–H groups in total. The lowest BCUT2D eigenvalue weighted by Gasteiger charge is -2.27. The molecule has 0 atom stereocenters. The summed E-state index contributed by atoms with van der Waals surface area (Å²) in [5, 5.41) is 4.57. The highest BCUT2D eigenvalue weighted by Crippen LogP contribution is 2.26. The van der Waals surface area contributed by atoms with Crippen molar-refractivity contribution in [3.05, 3.63) is 35.9 Å². The van der Waals surface area contributed by atoms with E-state index in [1.807, 2.05) is 18.2 Å². The number of amides is 4. The molecule has 1 aromatic carbocycles. The molecule has 6 heteroatoms. The van der Waals surface area contributed by atoms with E-state index in [4.69, 9.17) is 0 Å². The van der Waals surface area contributed by atoms with Crippen LogP contribution in [0.2, 0.25) is 0 Å². The lowest BCUT2D eigenvalue weighted by Crippen LogP contribution is -2.41. The first-order valence-electron chi connectivity index (χ1n) is 7.49. The number of hydrogen-bond acceptors (Lipinski definition) is 4. The fourth-order valence-electron chi connectivity index (χ4n) is 2.90. The van der Waals surface area contributed by atoms with Gasteiger partial charge in [0.2, 0.25) is 0 Å². The van der Waals surface area contributed by atoms with E-state index in [0.717, 1.165) is 42.6 Å². The van der Waals surface area contributed by atoms with E-state index in [9.17, 15) is 14.4 Å². The molecule has 0 unspecified atom stereocenters. The second-order valence-corrected chi connectivity index (χ2v) is 5.52. The lowest BCUT2D eigenvalue weighted by molar-refractivity contribution is -0.144. The number of carbonyl (C=O) groups excluding carboxylic acids is 3. The minimum absolute atomic E-state index is 0.172. The maximum atomic E-state index is 12.3. The maximum absolute atomic E-state index is 12.3. The number of hydrazone groups is 1. The number of carbonyl (C=O) groups is 3. The van der Waals surface area contributed by atoms with Gasteiger partial charge in [0.15, 0.2) is 0 Å². The Morgan fingerprint density at radius 1 is 0.955 bits per heavy atom. The molecule has 4 amide bonds. The van der Waals surface area contributed by atoms with Gasteiger partial charge in [-0.2, -0.15) is 5.10 Å². The molecule has 22 heavy (non-hydrogen) atoms. The lowest BCUT2D eigenvalue weighted by atomic mass is 9.94. The molecular formula is C16H17N3O3. The number of benzene rings is 1. The zero-order valence-electron chi connectivity index (χ0n) is 12.1. The van der Waals surface area contributed by atoms with Gasteiger partial charge in [-0.3, -0.25) is 14.5 Å². The van der Waals surface area contributed by atoms with Crippen molar-refractivity contribution in [2.45, 2.75) is 38.1 Å². The molecule has 1 saturated carbocycles. The summed E-state index contributed by atoms with van der Waals surface area (Å²) in [6, 6.07) is 8.31. The van der Waals surface area contributed by atoms with Crippen LogP contribution >= 0.6 is 0 Å². The van der Waals surface area contributed by atoms with Gasteiger partial charge < -0.3 is 0 Å². The first-order chi connectivity index (χ1) is 10.7. The molecule has 3 rings (SSSR count). The van der Waals surface area contributed by atoms with E-state index >= 15 is 0 Å². The Hall–Kier alpha value is -2.50. The van der Waals surface area contributed by atoms with E-state index in [-0.39, 0.29) is 6.04 Å². The van der Waals surface area contributed by atoms with Crippen molar-refractivity contribution < 1.29 is 14.4 Å². The summed E-state index contributed by atoms with van der Waals surface area (Å²) in [7, 11) is 0. The Labute approximate surface area is 128 Å². The van der Waals surface area contributed by atoms with Gasteiger partial charge in [0, 0.05) is 6.04 Å². The molecule has 1 saturated heterocycles. The van der Waals surface area contributed by atoms with Crippen LogP contribution in [0.1, 0.15) is 37.7 Å². The predicted molar refractivity (Wildman–Crippen MR) is 80.0 cm³/mol. The monoisotopic (exact) mass is 299 g/mol. The molecule has 0 aromatic heterocycles. The standard InChI is InChI=1S/C16H17N3O3/c20-14-15(21)19(17-11-12-7-3-1-4-8-12)16(22)18(14)13-9-5-2-6-10-13/h1,3-4,7-8,11,13H,2,5-6,9-10H2/b17-11-. The topological polar surface area (TPSA) is 70.1 Å². The number of imide groups is 2. The molecule has 2 fully saturated rings. The fourth-order valence-corrected chi connectivity index (χ4v) is 2.90. The molecule has 0 spiro atoms. The van der Waals surface area contributed by atoms with Crippen molar-refractivity contribution in [1.82, 2.24) is 9.91 Å². The number of rotatable bonds is 3. The van der Waals surface area contributed by atoms with Crippen LogP contribution in [-0.2, 0) is 9.59 Å². The van der Waals surface area contributed by atoms with Crippen molar-refractivity contribution in [3.63, 3.8) is 0 Å². The fraction of sp³-hybridized carbons (Fsp3) is 0.375. The van der Waals surface area contributed by atoms with Crippen LogP contribution in [0, 0.1) is 0 Å². The highest BCUT2D eigenvalue weighted by Gasteiger charge is 2.48. The largest absolute Gasteiger partial charge is 0.355 e. The first kappa shape index (κ1) is 14.4. The molecule has 1 heterocycles. The van der Waals surface area contributed by atoms with E-state index in [0.29, 0.717) is 5.01 Å². The van der Waals surface area contributed by atoms with Gasteiger partial charge >= 0.3 is 17.8 Å². The molecule has 1 aliphatic carbocycles. The summed E-state index contributed by atoms with van der Waals surface area (Å²) >= 11 is 0. The molecule has 1 aromatic rings. The third-order valence-electron chi connectivity index (χ3n) is 4.04. The zero-order chi connectivity index (χ0) is 15.5. The summed E-state index contributed by atoms with van der Waals surface area (Å²) in [4.78, 5) is 37.5. The Bertz CT molecular complexity index is 621. The molecule has 1 aliphatic heterocycles. The van der Waals surface area contributed by atoms with Gasteiger partial charge in [-0.15, -0.1) is 5.01 Å². The quantitative estimate of drug-likeness (QED) is 0.488. The van der Waals surface area contributed by atoms with Crippen LogP contribution < -0.4 is 0 Å². The van der Waals surface area contributed by atoms with Gasteiger partial charge in [0.05, 0.1) is 6.21 Å². The smallest absolute Gasteiger partial charge is 0.263 e. The molecule has 0 radical (unpaired) electrons. The van der Waals surface area contributed by atoms with Crippen LogP contribution in [0.5, 0.6) is 0 Å². The number of nitrogens with zero attached hydrogens (tertiary/aromatic N) is 3. The second kappa shape index (κ2) is 6.09. The third-order valence-corrected chi connectivity index (χ3v) is 4.04. The van der Waals surface area contributed by atoms with Crippen molar-refractivity contribution >= 4 is 24.1 Å². The minimum atomic E-state index is -0.872. The summed E-state index contributed by atoms with van der Waals surface area (Å²) in [6.45, 7) is 0. The van der Waals surface area contributed by atoms with Gasteiger partial charge in [-0.25, -0.2) is 4.79 Å². The van der Waals surface area contributed by atoms with Gasteiger partial charge in [-0.1, -0.05) is 49.6 Å². The van der Waals surface area contributed by atoms with Gasteiger partial charge in [0.25, 0.3) is 0 Å². The molecule has 2 aliphatic rings. The Kier molecular flexibility index (Phi) is 4.00. The average molecular weight is 299 g/mol. The summed E-state index contributed by atoms with van der Waals surface area (Å²) in [6.07, 6.45) is 6.00. The SMILES string of the molecule is O=C1C(=O)N(C2CCCCC2)C(=O)N1/N=C\c1ccccc1.